The Morgan fingerprint density at radius 2 is 2.33 bits per heavy atom. The van der Waals surface area contributed by atoms with Crippen molar-refractivity contribution in [2.45, 2.75) is 12.5 Å². The second kappa shape index (κ2) is 5.75. The van der Waals surface area contributed by atoms with Gasteiger partial charge in [0.1, 0.15) is 0 Å². The molecular formula is C8H11BrClNS. The molecule has 1 atom stereocenters. The molecule has 0 aliphatic rings. The van der Waals surface area contributed by atoms with Crippen molar-refractivity contribution in [3.8, 4) is 0 Å². The average Bonchev–Trinajstić information content (AvgIpc) is 2.36. The van der Waals surface area contributed by atoms with E-state index in [0.717, 1.165) is 10.2 Å². The lowest BCUT2D eigenvalue weighted by Crippen LogP contribution is -2.06. The molecule has 1 heterocycles. The summed E-state index contributed by atoms with van der Waals surface area (Å²) in [7, 11) is 0. The average molecular weight is 269 g/mol. The van der Waals surface area contributed by atoms with Gasteiger partial charge in [-0.2, -0.15) is 0 Å². The van der Waals surface area contributed by atoms with Crippen LogP contribution in [0.15, 0.2) is 28.6 Å². The summed E-state index contributed by atoms with van der Waals surface area (Å²) in [6.45, 7) is 3.65. The standard InChI is InChI=1S/C8H10BrNS.ClH/c1-2-3-6(10)7-4-5-8(9)11-7;/h2,4-6H,1,3,10H2;1H/t6-;/m1./s1. The fourth-order valence-corrected chi connectivity index (χ4v) is 2.26. The zero-order valence-corrected chi connectivity index (χ0v) is 9.71. The van der Waals surface area contributed by atoms with Crippen molar-refractivity contribution >= 4 is 39.7 Å². The summed E-state index contributed by atoms with van der Waals surface area (Å²) in [5.74, 6) is 0. The SMILES string of the molecule is C=CC[C@@H](N)c1ccc(Br)s1.Cl. The first-order valence-corrected chi connectivity index (χ1v) is 4.96. The maximum Gasteiger partial charge on any atom is 0.0701 e. The highest BCUT2D eigenvalue weighted by Gasteiger charge is 2.05. The number of nitrogens with two attached hydrogens (primary N) is 1. The first kappa shape index (κ1) is 12.2. The molecule has 0 bridgehead atoms. The first-order valence-electron chi connectivity index (χ1n) is 3.35. The predicted molar refractivity (Wildman–Crippen MR) is 61.0 cm³/mol. The Balaban J connectivity index is 0.00000121. The van der Waals surface area contributed by atoms with Gasteiger partial charge in [0.15, 0.2) is 0 Å². The van der Waals surface area contributed by atoms with Crippen LogP contribution in [0.5, 0.6) is 0 Å². The molecule has 1 rings (SSSR count). The van der Waals surface area contributed by atoms with Crippen molar-refractivity contribution in [1.82, 2.24) is 0 Å². The Morgan fingerprint density at radius 3 is 2.75 bits per heavy atom. The van der Waals surface area contributed by atoms with E-state index >= 15 is 0 Å². The summed E-state index contributed by atoms with van der Waals surface area (Å²) in [4.78, 5) is 1.21. The van der Waals surface area contributed by atoms with Gasteiger partial charge < -0.3 is 5.73 Å². The molecule has 0 aromatic carbocycles. The van der Waals surface area contributed by atoms with Crippen molar-refractivity contribution in [2.24, 2.45) is 5.73 Å². The molecule has 0 saturated carbocycles. The third kappa shape index (κ3) is 3.27. The molecule has 0 spiro atoms. The summed E-state index contributed by atoms with van der Waals surface area (Å²) >= 11 is 5.07. The minimum Gasteiger partial charge on any atom is -0.323 e. The topological polar surface area (TPSA) is 26.0 Å². The second-order valence-electron chi connectivity index (χ2n) is 2.27. The zero-order chi connectivity index (χ0) is 8.27. The van der Waals surface area contributed by atoms with Crippen LogP contribution < -0.4 is 5.73 Å². The van der Waals surface area contributed by atoms with E-state index in [2.05, 4.69) is 22.5 Å². The van der Waals surface area contributed by atoms with Crippen molar-refractivity contribution in [3.05, 3.63) is 33.5 Å². The van der Waals surface area contributed by atoms with Gasteiger partial charge in [0.25, 0.3) is 0 Å². The van der Waals surface area contributed by atoms with Crippen LogP contribution >= 0.6 is 39.7 Å². The van der Waals surface area contributed by atoms with Gasteiger partial charge in [-0.1, -0.05) is 6.08 Å². The van der Waals surface area contributed by atoms with Crippen molar-refractivity contribution in [3.63, 3.8) is 0 Å². The van der Waals surface area contributed by atoms with E-state index in [1.54, 1.807) is 11.3 Å². The summed E-state index contributed by atoms with van der Waals surface area (Å²) < 4.78 is 1.13. The van der Waals surface area contributed by atoms with Gasteiger partial charge in [0.05, 0.1) is 3.79 Å². The van der Waals surface area contributed by atoms with E-state index < -0.39 is 0 Å². The first-order chi connectivity index (χ1) is 5.24. The largest absolute Gasteiger partial charge is 0.323 e. The molecule has 2 N–H and O–H groups in total. The molecule has 0 aliphatic heterocycles. The lowest BCUT2D eigenvalue weighted by atomic mass is 10.2. The van der Waals surface area contributed by atoms with Gasteiger partial charge in [0, 0.05) is 10.9 Å². The van der Waals surface area contributed by atoms with Gasteiger partial charge in [-0.3, -0.25) is 0 Å². The Hall–Kier alpha value is 0.170. The smallest absolute Gasteiger partial charge is 0.0701 e. The van der Waals surface area contributed by atoms with E-state index in [1.807, 2.05) is 18.2 Å². The molecule has 12 heavy (non-hydrogen) atoms. The van der Waals surface area contributed by atoms with Crippen molar-refractivity contribution < 1.29 is 0 Å². The normalized spacial score (nSPS) is 11.8. The van der Waals surface area contributed by atoms with Crippen LogP contribution in [0, 0.1) is 0 Å². The van der Waals surface area contributed by atoms with E-state index in [-0.39, 0.29) is 18.4 Å². The molecule has 68 valence electrons. The lowest BCUT2D eigenvalue weighted by Gasteiger charge is -2.03. The molecule has 0 unspecified atom stereocenters. The highest BCUT2D eigenvalue weighted by atomic mass is 79.9. The molecular weight excluding hydrogens is 258 g/mol. The highest BCUT2D eigenvalue weighted by Crippen LogP contribution is 2.27. The van der Waals surface area contributed by atoms with Gasteiger partial charge in [-0.25, -0.2) is 0 Å². The Morgan fingerprint density at radius 1 is 1.67 bits per heavy atom. The van der Waals surface area contributed by atoms with Crippen molar-refractivity contribution in [2.75, 3.05) is 0 Å². The molecule has 1 nitrogen and oxygen atoms in total. The highest BCUT2D eigenvalue weighted by molar-refractivity contribution is 9.11. The maximum absolute atomic E-state index is 5.84. The van der Waals surface area contributed by atoms with E-state index in [0.29, 0.717) is 0 Å². The minimum absolute atomic E-state index is 0. The second-order valence-corrected chi connectivity index (χ2v) is 4.77. The third-order valence-corrected chi connectivity index (χ3v) is 3.14. The Kier molecular flexibility index (Phi) is 5.84. The van der Waals surface area contributed by atoms with E-state index in [1.165, 1.54) is 4.88 Å². The summed E-state index contributed by atoms with van der Waals surface area (Å²) in [6.07, 6.45) is 2.69. The van der Waals surface area contributed by atoms with Crippen LogP contribution in [0.1, 0.15) is 17.3 Å². The van der Waals surface area contributed by atoms with Gasteiger partial charge >= 0.3 is 0 Å². The van der Waals surface area contributed by atoms with Gasteiger partial charge in [-0.15, -0.1) is 30.3 Å². The number of hydrogen-bond acceptors (Lipinski definition) is 2. The third-order valence-electron chi connectivity index (χ3n) is 1.38. The van der Waals surface area contributed by atoms with E-state index in [4.69, 9.17) is 5.73 Å². The summed E-state index contributed by atoms with van der Waals surface area (Å²) in [6, 6.07) is 4.18. The molecule has 0 amide bonds. The molecule has 4 heteroatoms. The Bertz CT molecular complexity index is 249. The molecule has 0 aliphatic carbocycles. The minimum atomic E-state index is 0. The fourth-order valence-electron chi connectivity index (χ4n) is 0.823. The fraction of sp³-hybridized carbons (Fsp3) is 0.250. The number of thiophene rings is 1. The molecule has 0 fully saturated rings. The maximum atomic E-state index is 5.84. The predicted octanol–water partition coefficient (Wildman–Crippen LogP) is 3.51. The van der Waals surface area contributed by atoms with Crippen LogP contribution in [-0.4, -0.2) is 0 Å². The molecule has 1 aromatic rings. The number of rotatable bonds is 3. The van der Waals surface area contributed by atoms with Crippen LogP contribution in [0.2, 0.25) is 0 Å². The van der Waals surface area contributed by atoms with Crippen molar-refractivity contribution in [1.29, 1.82) is 0 Å². The molecule has 1 aromatic heterocycles. The van der Waals surface area contributed by atoms with Crippen LogP contribution in [0.4, 0.5) is 0 Å². The summed E-state index contributed by atoms with van der Waals surface area (Å²) in [5, 5.41) is 0. The van der Waals surface area contributed by atoms with Crippen LogP contribution in [0.3, 0.4) is 0 Å². The number of halogens is 2. The molecule has 0 saturated heterocycles. The Labute approximate surface area is 91.2 Å². The lowest BCUT2D eigenvalue weighted by molar-refractivity contribution is 0.758. The zero-order valence-electron chi connectivity index (χ0n) is 6.50. The monoisotopic (exact) mass is 267 g/mol. The van der Waals surface area contributed by atoms with E-state index in [9.17, 15) is 0 Å². The number of hydrogen-bond donors (Lipinski definition) is 1. The quantitative estimate of drug-likeness (QED) is 0.834. The molecule has 0 radical (unpaired) electrons. The van der Waals surface area contributed by atoms with Crippen LogP contribution in [0.25, 0.3) is 0 Å². The summed E-state index contributed by atoms with van der Waals surface area (Å²) in [5.41, 5.74) is 5.84. The van der Waals surface area contributed by atoms with Crippen LogP contribution in [-0.2, 0) is 0 Å². The van der Waals surface area contributed by atoms with Gasteiger partial charge in [0.2, 0.25) is 0 Å². The van der Waals surface area contributed by atoms with Gasteiger partial charge in [-0.05, 0) is 34.5 Å².